The van der Waals surface area contributed by atoms with Gasteiger partial charge in [-0.3, -0.25) is 0 Å². The summed E-state index contributed by atoms with van der Waals surface area (Å²) in [6.45, 7) is 5.15. The smallest absolute Gasteiger partial charge is 0.231 e. The van der Waals surface area contributed by atoms with E-state index in [2.05, 4.69) is 19.1 Å². The van der Waals surface area contributed by atoms with Crippen LogP contribution in [-0.4, -0.2) is 31.7 Å². The van der Waals surface area contributed by atoms with Crippen LogP contribution < -0.4 is 18.9 Å². The van der Waals surface area contributed by atoms with Crippen LogP contribution in [0.5, 0.6) is 23.0 Å². The molecule has 0 aromatic heterocycles. The number of benzene rings is 2. The van der Waals surface area contributed by atoms with Crippen LogP contribution in [0.15, 0.2) is 36.4 Å². The Kier molecular flexibility index (Phi) is 5.11. The van der Waals surface area contributed by atoms with Crippen molar-refractivity contribution < 1.29 is 24.1 Å². The molecule has 1 aliphatic rings. The van der Waals surface area contributed by atoms with Crippen LogP contribution in [0.25, 0.3) is 0 Å². The number of rotatable bonds is 7. The molecule has 1 aliphatic heterocycles. The van der Waals surface area contributed by atoms with Crippen molar-refractivity contribution in [2.45, 2.75) is 19.8 Å². The number of hydrogen-bond donors (Lipinski definition) is 1. The van der Waals surface area contributed by atoms with Crippen LogP contribution in [0.4, 0.5) is 0 Å². The van der Waals surface area contributed by atoms with Crippen LogP contribution in [0, 0.1) is 0 Å². The van der Waals surface area contributed by atoms with E-state index < -0.39 is 0 Å². The molecule has 1 atom stereocenters. The Morgan fingerprint density at radius 2 is 1.79 bits per heavy atom. The molecule has 0 bridgehead atoms. The molecule has 3 rings (SSSR count). The summed E-state index contributed by atoms with van der Waals surface area (Å²) in [4.78, 5) is 0. The number of hydrogen-bond acceptors (Lipinski definition) is 5. The van der Waals surface area contributed by atoms with Gasteiger partial charge in [0.05, 0.1) is 13.2 Å². The average Bonchev–Trinajstić information content (AvgIpc) is 3.07. The quantitative estimate of drug-likeness (QED) is 0.844. The number of fused-ring (bicyclic) bond motifs is 1. The van der Waals surface area contributed by atoms with Gasteiger partial charge in [0.15, 0.2) is 11.5 Å². The molecule has 0 aliphatic carbocycles. The SMILES string of the molecule is CCOc1ccc([C@@H](C)c2cc3c(cc2OCCO)OCO3)cc1. The zero-order valence-corrected chi connectivity index (χ0v) is 14.0. The van der Waals surface area contributed by atoms with Gasteiger partial charge >= 0.3 is 0 Å². The summed E-state index contributed by atoms with van der Waals surface area (Å²) in [7, 11) is 0. The first kappa shape index (κ1) is 16.5. The van der Waals surface area contributed by atoms with E-state index in [-0.39, 0.29) is 25.9 Å². The maximum atomic E-state index is 9.05. The molecule has 0 fully saturated rings. The molecule has 0 spiro atoms. The minimum atomic E-state index is -0.0364. The van der Waals surface area contributed by atoms with Gasteiger partial charge in [-0.05, 0) is 30.7 Å². The van der Waals surface area contributed by atoms with Gasteiger partial charge in [0, 0.05) is 17.5 Å². The zero-order valence-electron chi connectivity index (χ0n) is 14.0. The predicted molar refractivity (Wildman–Crippen MR) is 90.3 cm³/mol. The Bertz CT molecular complexity index is 681. The largest absolute Gasteiger partial charge is 0.494 e. The van der Waals surface area contributed by atoms with E-state index in [1.807, 2.05) is 31.2 Å². The summed E-state index contributed by atoms with van der Waals surface area (Å²) in [6.07, 6.45) is 0. The van der Waals surface area contributed by atoms with Crippen LogP contribution in [0.2, 0.25) is 0 Å². The number of ether oxygens (including phenoxy) is 4. The van der Waals surface area contributed by atoms with Gasteiger partial charge in [-0.1, -0.05) is 19.1 Å². The highest BCUT2D eigenvalue weighted by molar-refractivity contribution is 5.54. The molecule has 128 valence electrons. The summed E-state index contributed by atoms with van der Waals surface area (Å²) in [6, 6.07) is 11.8. The molecule has 0 amide bonds. The lowest BCUT2D eigenvalue weighted by atomic mass is 9.92. The number of aliphatic hydroxyl groups excluding tert-OH is 1. The van der Waals surface area contributed by atoms with E-state index in [1.54, 1.807) is 0 Å². The van der Waals surface area contributed by atoms with Gasteiger partial charge in [0.1, 0.15) is 18.1 Å². The minimum absolute atomic E-state index is 0.0364. The van der Waals surface area contributed by atoms with Crippen molar-refractivity contribution in [2.75, 3.05) is 26.6 Å². The molecule has 2 aromatic carbocycles. The third kappa shape index (κ3) is 3.41. The molecule has 0 radical (unpaired) electrons. The van der Waals surface area contributed by atoms with Crippen molar-refractivity contribution >= 4 is 0 Å². The standard InChI is InChI=1S/C19H22O5/c1-3-21-15-6-4-14(5-7-15)13(2)16-10-18-19(24-12-23-18)11-17(16)22-9-8-20/h4-7,10-11,13,20H,3,8-9,12H2,1-2H3/t13-/m1/s1. The Morgan fingerprint density at radius 1 is 1.08 bits per heavy atom. The Balaban J connectivity index is 1.91. The molecule has 0 saturated heterocycles. The second-order valence-electron chi connectivity index (χ2n) is 5.54. The normalized spacial score (nSPS) is 13.6. The number of aliphatic hydroxyl groups is 1. The van der Waals surface area contributed by atoms with Gasteiger partial charge < -0.3 is 24.1 Å². The van der Waals surface area contributed by atoms with Crippen molar-refractivity contribution in [1.29, 1.82) is 0 Å². The fourth-order valence-electron chi connectivity index (χ4n) is 2.76. The van der Waals surface area contributed by atoms with E-state index in [9.17, 15) is 0 Å². The van der Waals surface area contributed by atoms with Gasteiger partial charge in [-0.2, -0.15) is 0 Å². The van der Waals surface area contributed by atoms with Crippen LogP contribution in [-0.2, 0) is 0 Å². The van der Waals surface area contributed by atoms with Crippen molar-refractivity contribution in [1.82, 2.24) is 0 Å². The topological polar surface area (TPSA) is 57.2 Å². The molecule has 1 N–H and O–H groups in total. The fraction of sp³-hybridized carbons (Fsp3) is 0.368. The lowest BCUT2D eigenvalue weighted by Gasteiger charge is -2.18. The van der Waals surface area contributed by atoms with E-state index in [0.29, 0.717) is 18.1 Å². The summed E-state index contributed by atoms with van der Waals surface area (Å²) in [5, 5.41) is 9.05. The highest BCUT2D eigenvalue weighted by Crippen LogP contribution is 2.42. The van der Waals surface area contributed by atoms with Crippen LogP contribution >= 0.6 is 0 Å². The zero-order chi connectivity index (χ0) is 16.9. The Morgan fingerprint density at radius 3 is 2.46 bits per heavy atom. The van der Waals surface area contributed by atoms with E-state index >= 15 is 0 Å². The van der Waals surface area contributed by atoms with Crippen molar-refractivity contribution in [2.24, 2.45) is 0 Å². The lowest BCUT2D eigenvalue weighted by Crippen LogP contribution is -2.06. The molecular weight excluding hydrogens is 308 g/mol. The van der Waals surface area contributed by atoms with Gasteiger partial charge in [0.2, 0.25) is 6.79 Å². The van der Waals surface area contributed by atoms with Gasteiger partial charge in [-0.15, -0.1) is 0 Å². The van der Waals surface area contributed by atoms with Crippen molar-refractivity contribution in [3.63, 3.8) is 0 Å². The summed E-state index contributed by atoms with van der Waals surface area (Å²) < 4.78 is 22.1. The average molecular weight is 330 g/mol. The molecular formula is C19H22O5. The summed E-state index contributed by atoms with van der Waals surface area (Å²) in [5.74, 6) is 3.05. The first-order valence-electron chi connectivity index (χ1n) is 8.13. The molecule has 24 heavy (non-hydrogen) atoms. The maximum Gasteiger partial charge on any atom is 0.231 e. The van der Waals surface area contributed by atoms with Crippen LogP contribution in [0.3, 0.4) is 0 Å². The van der Waals surface area contributed by atoms with Crippen molar-refractivity contribution in [3.05, 3.63) is 47.5 Å². The Hall–Kier alpha value is -2.40. The summed E-state index contributed by atoms with van der Waals surface area (Å²) >= 11 is 0. The van der Waals surface area contributed by atoms with E-state index in [1.165, 1.54) is 0 Å². The predicted octanol–water partition coefficient (Wildman–Crippen LogP) is 3.34. The molecule has 5 nitrogen and oxygen atoms in total. The monoisotopic (exact) mass is 330 g/mol. The maximum absolute atomic E-state index is 9.05. The second kappa shape index (κ2) is 7.45. The summed E-state index contributed by atoms with van der Waals surface area (Å²) in [5.41, 5.74) is 2.14. The first-order valence-corrected chi connectivity index (χ1v) is 8.13. The van der Waals surface area contributed by atoms with E-state index in [0.717, 1.165) is 22.6 Å². The van der Waals surface area contributed by atoms with Crippen molar-refractivity contribution in [3.8, 4) is 23.0 Å². The van der Waals surface area contributed by atoms with Crippen LogP contribution in [0.1, 0.15) is 30.9 Å². The molecule has 1 heterocycles. The minimum Gasteiger partial charge on any atom is -0.494 e. The molecule has 0 saturated carbocycles. The molecule has 5 heteroatoms. The van der Waals surface area contributed by atoms with Gasteiger partial charge in [-0.25, -0.2) is 0 Å². The highest BCUT2D eigenvalue weighted by Gasteiger charge is 2.22. The molecule has 2 aromatic rings. The fourth-order valence-corrected chi connectivity index (χ4v) is 2.76. The van der Waals surface area contributed by atoms with Gasteiger partial charge in [0.25, 0.3) is 0 Å². The Labute approximate surface area is 141 Å². The van der Waals surface area contributed by atoms with E-state index in [4.69, 9.17) is 24.1 Å². The lowest BCUT2D eigenvalue weighted by molar-refractivity contribution is 0.173. The second-order valence-corrected chi connectivity index (χ2v) is 5.54. The third-order valence-electron chi connectivity index (χ3n) is 4.01. The first-order chi connectivity index (χ1) is 11.7. The third-order valence-corrected chi connectivity index (χ3v) is 4.01. The molecule has 0 unspecified atom stereocenters. The highest BCUT2D eigenvalue weighted by atomic mass is 16.7.